The van der Waals surface area contributed by atoms with Crippen molar-refractivity contribution in [3.05, 3.63) is 36.0 Å². The monoisotopic (exact) mass is 285 g/mol. The van der Waals surface area contributed by atoms with Gasteiger partial charge in [0.1, 0.15) is 12.4 Å². The molecule has 0 unspecified atom stereocenters. The summed E-state index contributed by atoms with van der Waals surface area (Å²) in [7, 11) is 4.11. The highest BCUT2D eigenvalue weighted by atomic mass is 16.5. The van der Waals surface area contributed by atoms with Crippen LogP contribution in [0.4, 0.5) is 0 Å². The topological polar surface area (TPSA) is 37.4 Å². The van der Waals surface area contributed by atoms with Crippen molar-refractivity contribution in [3.63, 3.8) is 0 Å². The average Bonchev–Trinajstić information content (AvgIpc) is 3.29. The third-order valence-electron chi connectivity index (χ3n) is 3.68. The fourth-order valence-corrected chi connectivity index (χ4v) is 2.28. The van der Waals surface area contributed by atoms with Crippen LogP contribution >= 0.6 is 0 Å². The second-order valence-corrected chi connectivity index (χ2v) is 5.94. The van der Waals surface area contributed by atoms with Gasteiger partial charge in [0, 0.05) is 30.6 Å². The van der Waals surface area contributed by atoms with Crippen LogP contribution in [-0.4, -0.2) is 43.2 Å². The maximum Gasteiger partial charge on any atom is 0.130 e. The number of nitrogens with zero attached hydrogens (tertiary/aromatic N) is 2. The fraction of sp³-hybridized carbons (Fsp3) is 0.471. The quantitative estimate of drug-likeness (QED) is 0.848. The molecule has 0 saturated heterocycles. The summed E-state index contributed by atoms with van der Waals surface area (Å²) < 4.78 is 5.98. The zero-order valence-corrected chi connectivity index (χ0v) is 12.8. The number of para-hydroxylation sites is 1. The third kappa shape index (κ3) is 3.93. The Morgan fingerprint density at radius 2 is 2.10 bits per heavy atom. The van der Waals surface area contributed by atoms with Crippen molar-refractivity contribution in [2.75, 3.05) is 27.2 Å². The van der Waals surface area contributed by atoms with E-state index in [1.54, 1.807) is 0 Å². The molecule has 1 aromatic heterocycles. The van der Waals surface area contributed by atoms with E-state index < -0.39 is 0 Å². The predicted octanol–water partition coefficient (Wildman–Crippen LogP) is 2.43. The lowest BCUT2D eigenvalue weighted by molar-refractivity contribution is 0.263. The molecular weight excluding hydrogens is 262 g/mol. The van der Waals surface area contributed by atoms with Crippen LogP contribution in [0.2, 0.25) is 0 Å². The van der Waals surface area contributed by atoms with E-state index in [0.29, 0.717) is 12.6 Å². The lowest BCUT2D eigenvalue weighted by Crippen LogP contribution is -2.20. The number of hydrogen-bond acceptors (Lipinski definition) is 4. The molecule has 0 atom stereocenters. The molecule has 0 radical (unpaired) electrons. The molecule has 1 heterocycles. The molecule has 112 valence electrons. The predicted molar refractivity (Wildman–Crippen MR) is 85.7 cm³/mol. The van der Waals surface area contributed by atoms with Gasteiger partial charge in [-0.2, -0.15) is 0 Å². The number of fused-ring (bicyclic) bond motifs is 1. The molecule has 0 aliphatic heterocycles. The van der Waals surface area contributed by atoms with Crippen molar-refractivity contribution in [1.82, 2.24) is 15.2 Å². The van der Waals surface area contributed by atoms with Gasteiger partial charge in [-0.15, -0.1) is 0 Å². The Labute approximate surface area is 126 Å². The summed E-state index contributed by atoms with van der Waals surface area (Å²) in [4.78, 5) is 6.85. The number of pyridine rings is 1. The van der Waals surface area contributed by atoms with Crippen molar-refractivity contribution in [1.29, 1.82) is 0 Å². The van der Waals surface area contributed by atoms with Crippen LogP contribution in [0.25, 0.3) is 10.9 Å². The first-order valence-corrected chi connectivity index (χ1v) is 7.62. The first kappa shape index (κ1) is 14.3. The zero-order valence-electron chi connectivity index (χ0n) is 12.8. The second kappa shape index (κ2) is 6.41. The number of likely N-dealkylation sites (N-methyl/N-ethyl adjacent to an activating group) is 1. The zero-order chi connectivity index (χ0) is 14.7. The molecule has 1 aliphatic carbocycles. The van der Waals surface area contributed by atoms with E-state index in [1.165, 1.54) is 12.8 Å². The normalized spacial score (nSPS) is 14.8. The molecule has 3 rings (SSSR count). The second-order valence-electron chi connectivity index (χ2n) is 5.94. The summed E-state index contributed by atoms with van der Waals surface area (Å²) in [6.07, 6.45) is 2.58. The van der Waals surface area contributed by atoms with Gasteiger partial charge in [-0.3, -0.25) is 4.98 Å². The van der Waals surface area contributed by atoms with Crippen molar-refractivity contribution in [2.24, 2.45) is 0 Å². The van der Waals surface area contributed by atoms with Gasteiger partial charge < -0.3 is 15.0 Å². The van der Waals surface area contributed by atoms with Crippen LogP contribution < -0.4 is 10.1 Å². The van der Waals surface area contributed by atoms with E-state index in [1.807, 2.05) is 12.1 Å². The molecule has 21 heavy (non-hydrogen) atoms. The van der Waals surface area contributed by atoms with Crippen molar-refractivity contribution in [3.8, 4) is 5.75 Å². The number of benzene rings is 1. The maximum atomic E-state index is 5.98. The molecular formula is C17H23N3O. The maximum absolute atomic E-state index is 5.98. The summed E-state index contributed by atoms with van der Waals surface area (Å²) in [6.45, 7) is 2.42. The van der Waals surface area contributed by atoms with Gasteiger partial charge in [-0.1, -0.05) is 12.1 Å². The molecule has 1 fully saturated rings. The summed E-state index contributed by atoms with van der Waals surface area (Å²) in [6, 6.07) is 11.0. The van der Waals surface area contributed by atoms with Crippen LogP contribution in [0.5, 0.6) is 5.75 Å². The van der Waals surface area contributed by atoms with Gasteiger partial charge in [0.2, 0.25) is 0 Å². The van der Waals surface area contributed by atoms with Crippen molar-refractivity contribution >= 4 is 10.9 Å². The van der Waals surface area contributed by atoms with Gasteiger partial charge in [0.25, 0.3) is 0 Å². The van der Waals surface area contributed by atoms with Gasteiger partial charge in [0.05, 0.1) is 11.2 Å². The highest BCUT2D eigenvalue weighted by Crippen LogP contribution is 2.26. The van der Waals surface area contributed by atoms with Gasteiger partial charge in [-0.05, 0) is 39.1 Å². The van der Waals surface area contributed by atoms with Gasteiger partial charge in [-0.25, -0.2) is 0 Å². The van der Waals surface area contributed by atoms with E-state index in [-0.39, 0.29) is 0 Å². The van der Waals surface area contributed by atoms with Crippen molar-refractivity contribution < 1.29 is 4.74 Å². The summed E-state index contributed by atoms with van der Waals surface area (Å²) >= 11 is 0. The van der Waals surface area contributed by atoms with Crippen LogP contribution in [0.1, 0.15) is 18.5 Å². The minimum Gasteiger partial charge on any atom is -0.491 e. The van der Waals surface area contributed by atoms with Crippen molar-refractivity contribution in [2.45, 2.75) is 25.4 Å². The smallest absolute Gasteiger partial charge is 0.130 e. The van der Waals surface area contributed by atoms with Crippen LogP contribution in [0.3, 0.4) is 0 Å². The minimum absolute atomic E-state index is 0.691. The summed E-state index contributed by atoms with van der Waals surface area (Å²) in [5, 5.41) is 4.60. The Kier molecular flexibility index (Phi) is 4.36. The summed E-state index contributed by atoms with van der Waals surface area (Å²) in [5.41, 5.74) is 2.06. The third-order valence-corrected chi connectivity index (χ3v) is 3.68. The highest BCUT2D eigenvalue weighted by Gasteiger charge is 2.20. The van der Waals surface area contributed by atoms with Crippen LogP contribution in [-0.2, 0) is 6.54 Å². The Morgan fingerprint density at radius 3 is 2.86 bits per heavy atom. The molecule has 4 heteroatoms. The minimum atomic E-state index is 0.691. The molecule has 4 nitrogen and oxygen atoms in total. The molecule has 1 aliphatic rings. The van der Waals surface area contributed by atoms with Gasteiger partial charge >= 0.3 is 0 Å². The van der Waals surface area contributed by atoms with E-state index >= 15 is 0 Å². The first-order valence-electron chi connectivity index (χ1n) is 7.62. The van der Waals surface area contributed by atoms with E-state index in [2.05, 4.69) is 42.5 Å². The molecule has 1 N–H and O–H groups in total. The number of aromatic nitrogens is 1. The number of nitrogens with one attached hydrogen (secondary N) is 1. The fourth-order valence-electron chi connectivity index (χ4n) is 2.28. The van der Waals surface area contributed by atoms with E-state index in [4.69, 9.17) is 9.72 Å². The molecule has 2 aromatic rings. The lowest BCUT2D eigenvalue weighted by Gasteiger charge is -2.14. The molecule has 1 aromatic carbocycles. The largest absolute Gasteiger partial charge is 0.491 e. The van der Waals surface area contributed by atoms with E-state index in [9.17, 15) is 0 Å². The molecule has 0 amide bonds. The number of rotatable bonds is 7. The lowest BCUT2D eigenvalue weighted by atomic mass is 10.2. The number of hydrogen-bond donors (Lipinski definition) is 1. The van der Waals surface area contributed by atoms with Gasteiger partial charge in [0.15, 0.2) is 0 Å². The Balaban J connectivity index is 1.79. The number of ether oxygens (including phenoxy) is 1. The molecule has 0 bridgehead atoms. The average molecular weight is 285 g/mol. The Bertz CT molecular complexity index is 608. The highest BCUT2D eigenvalue weighted by molar-refractivity contribution is 5.85. The molecule has 1 saturated carbocycles. The van der Waals surface area contributed by atoms with Crippen LogP contribution in [0.15, 0.2) is 30.3 Å². The SMILES string of the molecule is CN(C)CCOc1cc(CNC2CC2)nc2ccccc12. The summed E-state index contributed by atoms with van der Waals surface area (Å²) in [5.74, 6) is 0.940. The van der Waals surface area contributed by atoms with Crippen LogP contribution in [0, 0.1) is 0 Å². The first-order chi connectivity index (χ1) is 10.2. The standard InChI is InChI=1S/C17H23N3O/c1-20(2)9-10-21-17-11-14(12-18-13-7-8-13)19-16-6-4-3-5-15(16)17/h3-6,11,13,18H,7-10,12H2,1-2H3. The Hall–Kier alpha value is -1.65. The Morgan fingerprint density at radius 1 is 1.29 bits per heavy atom. The molecule has 0 spiro atoms. The van der Waals surface area contributed by atoms with E-state index in [0.717, 1.165) is 35.4 Å².